The van der Waals surface area contributed by atoms with Crippen LogP contribution >= 0.6 is 15.9 Å². The van der Waals surface area contributed by atoms with E-state index in [4.69, 9.17) is 0 Å². The van der Waals surface area contributed by atoms with Crippen molar-refractivity contribution in [1.29, 1.82) is 0 Å². The largest absolute Gasteiger partial charge is 0.481 e. The van der Waals surface area contributed by atoms with Crippen molar-refractivity contribution in [2.45, 2.75) is 18.8 Å². The predicted molar refractivity (Wildman–Crippen MR) is 77.1 cm³/mol. The zero-order valence-corrected chi connectivity index (χ0v) is 11.9. The summed E-state index contributed by atoms with van der Waals surface area (Å²) in [5.41, 5.74) is 1.75. The maximum absolute atomic E-state index is 11.3. The molecule has 3 nitrogen and oxygen atoms in total. The van der Waals surface area contributed by atoms with Crippen LogP contribution in [0, 0.1) is 0 Å². The number of pyridine rings is 1. The SMILES string of the molecule is O=C(O)C(CCc1ccc(Br)cn1)c1ccccc1. The molecule has 0 fully saturated rings. The monoisotopic (exact) mass is 319 g/mol. The van der Waals surface area contributed by atoms with Crippen LogP contribution < -0.4 is 0 Å². The van der Waals surface area contributed by atoms with Crippen LogP contribution in [0.15, 0.2) is 53.1 Å². The predicted octanol–water partition coefficient (Wildman–Crippen LogP) is 3.65. The summed E-state index contributed by atoms with van der Waals surface area (Å²) in [5, 5.41) is 9.32. The average molecular weight is 320 g/mol. The molecule has 2 aromatic rings. The highest BCUT2D eigenvalue weighted by Crippen LogP contribution is 2.22. The highest BCUT2D eigenvalue weighted by molar-refractivity contribution is 9.10. The smallest absolute Gasteiger partial charge is 0.310 e. The van der Waals surface area contributed by atoms with E-state index in [9.17, 15) is 9.90 Å². The van der Waals surface area contributed by atoms with Crippen LogP contribution in [0.1, 0.15) is 23.6 Å². The second-order valence-corrected chi connectivity index (χ2v) is 5.22. The van der Waals surface area contributed by atoms with Gasteiger partial charge in [0.15, 0.2) is 0 Å². The second-order valence-electron chi connectivity index (χ2n) is 4.31. The average Bonchev–Trinajstić information content (AvgIpc) is 2.42. The maximum Gasteiger partial charge on any atom is 0.310 e. The van der Waals surface area contributed by atoms with E-state index < -0.39 is 11.9 Å². The molecule has 1 N–H and O–H groups in total. The van der Waals surface area contributed by atoms with Crippen molar-refractivity contribution in [3.63, 3.8) is 0 Å². The fourth-order valence-corrected chi connectivity index (χ4v) is 2.20. The van der Waals surface area contributed by atoms with Gasteiger partial charge in [-0.25, -0.2) is 0 Å². The van der Waals surface area contributed by atoms with E-state index >= 15 is 0 Å². The van der Waals surface area contributed by atoms with Gasteiger partial charge in [-0.05, 0) is 46.5 Å². The minimum absolute atomic E-state index is 0.480. The summed E-state index contributed by atoms with van der Waals surface area (Å²) < 4.78 is 0.925. The molecule has 1 aromatic carbocycles. The Morgan fingerprint density at radius 1 is 1.21 bits per heavy atom. The topological polar surface area (TPSA) is 50.2 Å². The van der Waals surface area contributed by atoms with Gasteiger partial charge in [-0.3, -0.25) is 9.78 Å². The van der Waals surface area contributed by atoms with Gasteiger partial charge in [0.05, 0.1) is 5.92 Å². The molecular formula is C15H14BrNO2. The van der Waals surface area contributed by atoms with Gasteiger partial charge in [0.25, 0.3) is 0 Å². The van der Waals surface area contributed by atoms with E-state index in [1.165, 1.54) is 0 Å². The third kappa shape index (κ3) is 3.89. The number of aliphatic carboxylic acids is 1. The molecule has 0 aliphatic heterocycles. The number of aromatic nitrogens is 1. The molecule has 1 heterocycles. The quantitative estimate of drug-likeness (QED) is 0.915. The lowest BCUT2D eigenvalue weighted by Gasteiger charge is -2.12. The molecule has 0 aliphatic rings. The van der Waals surface area contributed by atoms with Gasteiger partial charge in [0.2, 0.25) is 0 Å². The van der Waals surface area contributed by atoms with E-state index in [1.807, 2.05) is 42.5 Å². The fraction of sp³-hybridized carbons (Fsp3) is 0.200. The van der Waals surface area contributed by atoms with Crippen LogP contribution in [0.3, 0.4) is 0 Å². The lowest BCUT2D eigenvalue weighted by atomic mass is 9.93. The van der Waals surface area contributed by atoms with E-state index in [1.54, 1.807) is 6.20 Å². The van der Waals surface area contributed by atoms with Crippen LogP contribution in [0.5, 0.6) is 0 Å². The molecule has 0 saturated carbocycles. The van der Waals surface area contributed by atoms with Crippen molar-refractivity contribution in [2.75, 3.05) is 0 Å². The zero-order valence-electron chi connectivity index (χ0n) is 10.3. The van der Waals surface area contributed by atoms with Crippen LogP contribution in [-0.4, -0.2) is 16.1 Å². The number of carboxylic acids is 1. The molecule has 98 valence electrons. The number of benzene rings is 1. The third-order valence-electron chi connectivity index (χ3n) is 2.98. The van der Waals surface area contributed by atoms with Crippen LogP contribution in [-0.2, 0) is 11.2 Å². The molecule has 4 heteroatoms. The Kier molecular flexibility index (Phi) is 4.68. The van der Waals surface area contributed by atoms with Gasteiger partial charge in [-0.1, -0.05) is 30.3 Å². The first-order chi connectivity index (χ1) is 9.16. The molecule has 19 heavy (non-hydrogen) atoms. The van der Waals surface area contributed by atoms with Gasteiger partial charge < -0.3 is 5.11 Å². The zero-order chi connectivity index (χ0) is 13.7. The highest BCUT2D eigenvalue weighted by Gasteiger charge is 2.19. The Labute approximate surface area is 120 Å². The number of carboxylic acid groups (broad SMARTS) is 1. The van der Waals surface area contributed by atoms with Gasteiger partial charge in [-0.2, -0.15) is 0 Å². The lowest BCUT2D eigenvalue weighted by Crippen LogP contribution is -2.12. The molecule has 0 spiro atoms. The van der Waals surface area contributed by atoms with Gasteiger partial charge in [-0.15, -0.1) is 0 Å². The van der Waals surface area contributed by atoms with Gasteiger partial charge in [0.1, 0.15) is 0 Å². The Morgan fingerprint density at radius 2 is 1.95 bits per heavy atom. The molecule has 1 unspecified atom stereocenters. The normalized spacial score (nSPS) is 12.1. The summed E-state index contributed by atoms with van der Waals surface area (Å²) in [7, 11) is 0. The van der Waals surface area contributed by atoms with Gasteiger partial charge >= 0.3 is 5.97 Å². The number of carbonyl (C=O) groups is 1. The molecule has 0 saturated heterocycles. The summed E-state index contributed by atoms with van der Waals surface area (Å²) in [4.78, 5) is 15.6. The first-order valence-electron chi connectivity index (χ1n) is 6.05. The number of nitrogens with zero attached hydrogens (tertiary/aromatic N) is 1. The Morgan fingerprint density at radius 3 is 2.53 bits per heavy atom. The minimum atomic E-state index is -0.789. The number of halogens is 1. The summed E-state index contributed by atoms with van der Waals surface area (Å²) in [6.45, 7) is 0. The number of hydrogen-bond acceptors (Lipinski definition) is 2. The molecule has 0 amide bonds. The van der Waals surface area contributed by atoms with Crippen molar-refractivity contribution in [2.24, 2.45) is 0 Å². The van der Waals surface area contributed by atoms with Crippen molar-refractivity contribution in [1.82, 2.24) is 4.98 Å². The standard InChI is InChI=1S/C15H14BrNO2/c16-12-6-7-13(17-10-12)8-9-14(15(18)19)11-4-2-1-3-5-11/h1-7,10,14H,8-9H2,(H,18,19). The summed E-state index contributed by atoms with van der Waals surface area (Å²) >= 11 is 3.33. The molecule has 1 aromatic heterocycles. The minimum Gasteiger partial charge on any atom is -0.481 e. The maximum atomic E-state index is 11.3. The molecule has 0 aliphatic carbocycles. The number of rotatable bonds is 5. The Bertz CT molecular complexity index is 540. The van der Waals surface area contributed by atoms with Crippen molar-refractivity contribution >= 4 is 21.9 Å². The first-order valence-corrected chi connectivity index (χ1v) is 6.84. The highest BCUT2D eigenvalue weighted by atomic mass is 79.9. The number of hydrogen-bond donors (Lipinski definition) is 1. The summed E-state index contributed by atoms with van der Waals surface area (Å²) in [5.74, 6) is -1.27. The fourth-order valence-electron chi connectivity index (χ4n) is 1.96. The Balaban J connectivity index is 2.06. The molecule has 0 bridgehead atoms. The van der Waals surface area contributed by atoms with E-state index in [2.05, 4.69) is 20.9 Å². The second kappa shape index (κ2) is 6.48. The van der Waals surface area contributed by atoms with Crippen molar-refractivity contribution in [3.05, 3.63) is 64.4 Å². The summed E-state index contributed by atoms with van der Waals surface area (Å²) in [6.07, 6.45) is 2.93. The molecule has 0 radical (unpaired) electrons. The first kappa shape index (κ1) is 13.7. The molecule has 1 atom stereocenters. The molecular weight excluding hydrogens is 306 g/mol. The van der Waals surface area contributed by atoms with Crippen molar-refractivity contribution < 1.29 is 9.90 Å². The number of aryl methyl sites for hydroxylation is 1. The van der Waals surface area contributed by atoms with E-state index in [0.717, 1.165) is 15.7 Å². The van der Waals surface area contributed by atoms with Crippen LogP contribution in [0.4, 0.5) is 0 Å². The van der Waals surface area contributed by atoms with E-state index in [0.29, 0.717) is 12.8 Å². The third-order valence-corrected chi connectivity index (χ3v) is 3.45. The van der Waals surface area contributed by atoms with E-state index in [-0.39, 0.29) is 0 Å². The lowest BCUT2D eigenvalue weighted by molar-refractivity contribution is -0.138. The summed E-state index contributed by atoms with van der Waals surface area (Å²) in [6, 6.07) is 13.2. The van der Waals surface area contributed by atoms with Crippen molar-refractivity contribution in [3.8, 4) is 0 Å². The van der Waals surface area contributed by atoms with Crippen LogP contribution in [0.25, 0.3) is 0 Å². The Hall–Kier alpha value is -1.68. The van der Waals surface area contributed by atoms with Gasteiger partial charge in [0, 0.05) is 16.4 Å². The van der Waals surface area contributed by atoms with Crippen LogP contribution in [0.2, 0.25) is 0 Å². The molecule has 2 rings (SSSR count).